The molecule has 0 fully saturated rings. The Labute approximate surface area is 123 Å². The van der Waals surface area contributed by atoms with Gasteiger partial charge < -0.3 is 5.32 Å². The van der Waals surface area contributed by atoms with Crippen LogP contribution in [-0.4, -0.2) is 12.7 Å². The molecule has 2 rings (SSSR count). The lowest BCUT2D eigenvalue weighted by atomic mass is 9.91. The molecule has 1 nitrogen and oxygen atoms in total. The molecule has 0 heterocycles. The van der Waals surface area contributed by atoms with E-state index in [1.54, 1.807) is 6.92 Å². The summed E-state index contributed by atoms with van der Waals surface area (Å²) in [5.74, 6) is 0.377. The Bertz CT molecular complexity index is 617. The van der Waals surface area contributed by atoms with Crippen LogP contribution < -0.4 is 5.32 Å². The predicted molar refractivity (Wildman–Crippen MR) is 80.5 cm³/mol. The van der Waals surface area contributed by atoms with Crippen LogP contribution in [0.25, 0.3) is 10.8 Å². The van der Waals surface area contributed by atoms with Crippen molar-refractivity contribution in [3.8, 4) is 0 Å². The molecule has 0 saturated heterocycles. The summed E-state index contributed by atoms with van der Waals surface area (Å²) in [6, 6.07) is 11.5. The zero-order valence-electron chi connectivity index (χ0n) is 12.5. The number of hydrogen-bond donors (Lipinski definition) is 1. The van der Waals surface area contributed by atoms with E-state index in [4.69, 9.17) is 0 Å². The van der Waals surface area contributed by atoms with E-state index >= 15 is 0 Å². The molecule has 2 aromatic rings. The highest BCUT2D eigenvalue weighted by Gasteiger charge is 2.27. The molecule has 1 unspecified atom stereocenters. The van der Waals surface area contributed by atoms with Crippen molar-refractivity contribution in [3.63, 3.8) is 0 Å². The van der Waals surface area contributed by atoms with Crippen LogP contribution >= 0.6 is 0 Å². The molecule has 1 atom stereocenters. The van der Waals surface area contributed by atoms with Crippen LogP contribution in [0, 0.1) is 0 Å². The SMILES string of the molecule is CC(C)c1ccc(C(C)NCC(F)(F)F)c2ccccc12. The van der Waals surface area contributed by atoms with Gasteiger partial charge in [0, 0.05) is 6.04 Å². The third kappa shape index (κ3) is 3.76. The maximum absolute atomic E-state index is 12.4. The number of alkyl halides is 3. The lowest BCUT2D eigenvalue weighted by Gasteiger charge is -2.20. The molecule has 1 N–H and O–H groups in total. The van der Waals surface area contributed by atoms with Gasteiger partial charge in [0.1, 0.15) is 0 Å². The van der Waals surface area contributed by atoms with E-state index in [0.29, 0.717) is 5.92 Å². The van der Waals surface area contributed by atoms with E-state index in [2.05, 4.69) is 19.2 Å². The zero-order valence-corrected chi connectivity index (χ0v) is 12.5. The van der Waals surface area contributed by atoms with Crippen LogP contribution in [0.2, 0.25) is 0 Å². The largest absolute Gasteiger partial charge is 0.401 e. The van der Waals surface area contributed by atoms with Gasteiger partial charge in [0.2, 0.25) is 0 Å². The molecule has 21 heavy (non-hydrogen) atoms. The number of nitrogens with one attached hydrogen (secondary N) is 1. The first-order valence-electron chi connectivity index (χ1n) is 7.11. The maximum Gasteiger partial charge on any atom is 0.401 e. The topological polar surface area (TPSA) is 12.0 Å². The van der Waals surface area contributed by atoms with Gasteiger partial charge in [-0.1, -0.05) is 50.2 Å². The minimum absolute atomic E-state index is 0.349. The molecule has 0 saturated carbocycles. The van der Waals surface area contributed by atoms with E-state index in [9.17, 15) is 13.2 Å². The van der Waals surface area contributed by atoms with Crippen molar-refractivity contribution >= 4 is 10.8 Å². The van der Waals surface area contributed by atoms with Gasteiger partial charge in [0.05, 0.1) is 6.54 Å². The minimum atomic E-state index is -4.19. The highest BCUT2D eigenvalue weighted by molar-refractivity contribution is 5.89. The monoisotopic (exact) mass is 295 g/mol. The summed E-state index contributed by atoms with van der Waals surface area (Å²) in [4.78, 5) is 0. The second-order valence-corrected chi connectivity index (χ2v) is 5.66. The molecule has 2 aromatic carbocycles. The van der Waals surface area contributed by atoms with Gasteiger partial charge in [-0.3, -0.25) is 0 Å². The van der Waals surface area contributed by atoms with Crippen LogP contribution in [0.1, 0.15) is 43.9 Å². The second kappa shape index (κ2) is 6.06. The first-order chi connectivity index (χ1) is 9.79. The van der Waals surface area contributed by atoms with E-state index in [1.165, 1.54) is 5.56 Å². The van der Waals surface area contributed by atoms with Crippen LogP contribution in [-0.2, 0) is 0 Å². The predicted octanol–water partition coefficient (Wildman–Crippen LogP) is 5.18. The number of rotatable bonds is 4. The normalized spacial score (nSPS) is 13.9. The Morgan fingerprint density at radius 2 is 1.43 bits per heavy atom. The van der Waals surface area contributed by atoms with E-state index in [1.807, 2.05) is 36.4 Å². The quantitative estimate of drug-likeness (QED) is 0.820. The van der Waals surface area contributed by atoms with Crippen molar-refractivity contribution in [1.29, 1.82) is 0 Å². The number of fused-ring (bicyclic) bond motifs is 1. The van der Waals surface area contributed by atoms with Crippen LogP contribution in [0.5, 0.6) is 0 Å². The lowest BCUT2D eigenvalue weighted by molar-refractivity contribution is -0.126. The first-order valence-corrected chi connectivity index (χ1v) is 7.11. The van der Waals surface area contributed by atoms with Gasteiger partial charge in [-0.05, 0) is 34.7 Å². The molecule has 0 spiro atoms. The summed E-state index contributed by atoms with van der Waals surface area (Å²) in [6.45, 7) is 5.02. The Balaban J connectivity index is 2.39. The molecule has 0 aliphatic rings. The highest BCUT2D eigenvalue weighted by Crippen LogP contribution is 2.31. The Morgan fingerprint density at radius 3 is 1.95 bits per heavy atom. The van der Waals surface area contributed by atoms with Crippen LogP contribution in [0.3, 0.4) is 0 Å². The molecule has 0 bridgehead atoms. The minimum Gasteiger partial charge on any atom is -0.302 e. The van der Waals surface area contributed by atoms with Crippen LogP contribution in [0.4, 0.5) is 13.2 Å². The maximum atomic E-state index is 12.4. The summed E-state index contributed by atoms with van der Waals surface area (Å²) in [5.41, 5.74) is 2.12. The average molecular weight is 295 g/mol. The van der Waals surface area contributed by atoms with Crippen molar-refractivity contribution in [2.45, 2.75) is 38.9 Å². The van der Waals surface area contributed by atoms with Crippen molar-refractivity contribution in [3.05, 3.63) is 47.5 Å². The average Bonchev–Trinajstić information content (AvgIpc) is 2.42. The third-order valence-corrected chi connectivity index (χ3v) is 3.69. The van der Waals surface area contributed by atoms with Gasteiger partial charge in [-0.2, -0.15) is 13.2 Å². The fraction of sp³-hybridized carbons (Fsp3) is 0.412. The highest BCUT2D eigenvalue weighted by atomic mass is 19.4. The molecule has 4 heteroatoms. The molecule has 0 radical (unpaired) electrons. The van der Waals surface area contributed by atoms with E-state index in [-0.39, 0.29) is 6.04 Å². The molecule has 0 amide bonds. The molecule has 0 aliphatic carbocycles. The van der Waals surface area contributed by atoms with Gasteiger partial charge in [0.15, 0.2) is 0 Å². The van der Waals surface area contributed by atoms with Crippen molar-refractivity contribution < 1.29 is 13.2 Å². The standard InChI is InChI=1S/C17H20F3N/c1-11(2)13-8-9-14(12(3)21-10-17(18,19)20)16-7-5-4-6-15(13)16/h4-9,11-12,21H,10H2,1-3H3. The molecule has 0 aromatic heterocycles. The van der Waals surface area contributed by atoms with E-state index < -0.39 is 12.7 Å². The van der Waals surface area contributed by atoms with E-state index in [0.717, 1.165) is 16.3 Å². The fourth-order valence-electron chi connectivity index (χ4n) is 2.61. The van der Waals surface area contributed by atoms with Gasteiger partial charge in [-0.25, -0.2) is 0 Å². The lowest BCUT2D eigenvalue weighted by Crippen LogP contribution is -2.30. The van der Waals surface area contributed by atoms with Gasteiger partial charge in [-0.15, -0.1) is 0 Å². The molecular weight excluding hydrogens is 275 g/mol. The number of hydrogen-bond acceptors (Lipinski definition) is 1. The van der Waals surface area contributed by atoms with Gasteiger partial charge >= 0.3 is 6.18 Å². The Hall–Kier alpha value is -1.55. The fourth-order valence-corrected chi connectivity index (χ4v) is 2.61. The van der Waals surface area contributed by atoms with Crippen molar-refractivity contribution in [1.82, 2.24) is 5.32 Å². The summed E-state index contributed by atoms with van der Waals surface area (Å²) in [5, 5.41) is 4.69. The molecule has 0 aliphatic heterocycles. The van der Waals surface area contributed by atoms with Gasteiger partial charge in [0.25, 0.3) is 0 Å². The zero-order chi connectivity index (χ0) is 15.6. The summed E-state index contributed by atoms with van der Waals surface area (Å²) in [6.07, 6.45) is -4.19. The summed E-state index contributed by atoms with van der Waals surface area (Å²) in [7, 11) is 0. The summed E-state index contributed by atoms with van der Waals surface area (Å²) >= 11 is 0. The Morgan fingerprint density at radius 1 is 0.905 bits per heavy atom. The smallest absolute Gasteiger partial charge is 0.302 e. The number of halogens is 3. The third-order valence-electron chi connectivity index (χ3n) is 3.69. The Kier molecular flexibility index (Phi) is 4.57. The number of benzene rings is 2. The van der Waals surface area contributed by atoms with Crippen LogP contribution in [0.15, 0.2) is 36.4 Å². The van der Waals surface area contributed by atoms with Crippen molar-refractivity contribution in [2.24, 2.45) is 0 Å². The second-order valence-electron chi connectivity index (χ2n) is 5.66. The molecule has 114 valence electrons. The first kappa shape index (κ1) is 15.8. The van der Waals surface area contributed by atoms with Crippen molar-refractivity contribution in [2.75, 3.05) is 6.54 Å². The molecular formula is C17H20F3N. The summed E-state index contributed by atoms with van der Waals surface area (Å²) < 4.78 is 37.1.